The van der Waals surface area contributed by atoms with Crippen molar-refractivity contribution in [1.82, 2.24) is 15.0 Å². The normalized spacial score (nSPS) is 10.2. The van der Waals surface area contributed by atoms with Crippen molar-refractivity contribution >= 4 is 17.5 Å². The molecule has 0 saturated heterocycles. The molecule has 0 unspecified atom stereocenters. The fraction of sp³-hybridized carbons (Fsp3) is 0.333. The number of pyridine rings is 1. The number of amides is 1. The van der Waals surface area contributed by atoms with Gasteiger partial charge < -0.3 is 10.6 Å². The molecule has 0 spiro atoms. The van der Waals surface area contributed by atoms with Gasteiger partial charge in [-0.1, -0.05) is 6.07 Å². The molecule has 0 aliphatic rings. The van der Waals surface area contributed by atoms with Crippen molar-refractivity contribution < 1.29 is 4.79 Å². The highest BCUT2D eigenvalue weighted by molar-refractivity contribution is 5.90. The van der Waals surface area contributed by atoms with E-state index in [1.165, 1.54) is 0 Å². The van der Waals surface area contributed by atoms with Crippen LogP contribution in [0.2, 0.25) is 0 Å². The number of anilines is 2. The molecule has 2 N–H and O–H groups in total. The molecule has 0 bridgehead atoms. The van der Waals surface area contributed by atoms with Crippen molar-refractivity contribution in [2.24, 2.45) is 0 Å². The fourth-order valence-corrected chi connectivity index (χ4v) is 1.82. The molecule has 2 rings (SSSR count). The third-order valence-electron chi connectivity index (χ3n) is 2.88. The van der Waals surface area contributed by atoms with Gasteiger partial charge >= 0.3 is 0 Å². The summed E-state index contributed by atoms with van der Waals surface area (Å²) in [6.07, 6.45) is 2.06. The van der Waals surface area contributed by atoms with E-state index in [1.807, 2.05) is 32.9 Å². The van der Waals surface area contributed by atoms with Crippen molar-refractivity contribution in [3.63, 3.8) is 0 Å². The number of nitrogens with one attached hydrogen (secondary N) is 2. The van der Waals surface area contributed by atoms with Crippen LogP contribution in [0, 0.1) is 20.8 Å². The summed E-state index contributed by atoms with van der Waals surface area (Å²) in [6, 6.07) is 5.52. The molecule has 2 heterocycles. The van der Waals surface area contributed by atoms with E-state index in [1.54, 1.807) is 12.3 Å². The molecule has 2 aromatic heterocycles. The molecular formula is C15H19N5O. The Balaban J connectivity index is 1.83. The summed E-state index contributed by atoms with van der Waals surface area (Å²) in [7, 11) is 0. The quantitative estimate of drug-likeness (QED) is 0.880. The van der Waals surface area contributed by atoms with Gasteiger partial charge in [0.1, 0.15) is 11.6 Å². The van der Waals surface area contributed by atoms with Gasteiger partial charge in [-0.3, -0.25) is 9.78 Å². The van der Waals surface area contributed by atoms with Crippen LogP contribution < -0.4 is 10.6 Å². The van der Waals surface area contributed by atoms with Gasteiger partial charge in [0.25, 0.3) is 0 Å². The maximum absolute atomic E-state index is 11.8. The first kappa shape index (κ1) is 14.9. The van der Waals surface area contributed by atoms with E-state index in [0.717, 1.165) is 22.9 Å². The smallest absolute Gasteiger partial charge is 0.227 e. The molecule has 1 amide bonds. The molecule has 0 radical (unpaired) electrons. The summed E-state index contributed by atoms with van der Waals surface area (Å²) in [5, 5.41) is 5.90. The largest absolute Gasteiger partial charge is 0.368 e. The number of aryl methyl sites for hydroxylation is 3. The summed E-state index contributed by atoms with van der Waals surface area (Å²) >= 11 is 0. The maximum Gasteiger partial charge on any atom is 0.227 e. The summed E-state index contributed by atoms with van der Waals surface area (Å²) < 4.78 is 0. The lowest BCUT2D eigenvalue weighted by Crippen LogP contribution is -2.18. The minimum atomic E-state index is -0.0844. The molecule has 21 heavy (non-hydrogen) atoms. The minimum absolute atomic E-state index is 0.0844. The number of rotatable bonds is 5. The van der Waals surface area contributed by atoms with Gasteiger partial charge in [-0.15, -0.1) is 0 Å². The van der Waals surface area contributed by atoms with Gasteiger partial charge in [-0.05, 0) is 32.9 Å². The number of hydrogen-bond acceptors (Lipinski definition) is 5. The van der Waals surface area contributed by atoms with E-state index in [-0.39, 0.29) is 5.91 Å². The Morgan fingerprint density at radius 2 is 1.95 bits per heavy atom. The molecule has 0 aliphatic carbocycles. The highest BCUT2D eigenvalue weighted by Gasteiger charge is 2.05. The Morgan fingerprint density at radius 1 is 1.14 bits per heavy atom. The second-order valence-electron chi connectivity index (χ2n) is 4.83. The average molecular weight is 285 g/mol. The van der Waals surface area contributed by atoms with Crippen LogP contribution in [0.4, 0.5) is 11.6 Å². The third-order valence-corrected chi connectivity index (χ3v) is 2.88. The van der Waals surface area contributed by atoms with Crippen molar-refractivity contribution in [3.05, 3.63) is 41.5 Å². The number of carbonyl (C=O) groups excluding carboxylic acids is 1. The third kappa shape index (κ3) is 4.52. The zero-order chi connectivity index (χ0) is 15.2. The predicted octanol–water partition coefficient (Wildman–Crippen LogP) is 2.24. The van der Waals surface area contributed by atoms with E-state index < -0.39 is 0 Å². The van der Waals surface area contributed by atoms with E-state index in [0.29, 0.717) is 18.8 Å². The molecule has 6 heteroatoms. The first-order chi connectivity index (χ1) is 10.0. The zero-order valence-electron chi connectivity index (χ0n) is 12.5. The van der Waals surface area contributed by atoms with Crippen LogP contribution in [-0.2, 0) is 4.79 Å². The Morgan fingerprint density at radius 3 is 2.71 bits per heavy atom. The van der Waals surface area contributed by atoms with Crippen LogP contribution in [0.25, 0.3) is 0 Å². The van der Waals surface area contributed by atoms with E-state index in [4.69, 9.17) is 0 Å². The first-order valence-corrected chi connectivity index (χ1v) is 6.82. The second-order valence-corrected chi connectivity index (χ2v) is 4.83. The summed E-state index contributed by atoms with van der Waals surface area (Å²) in [5.74, 6) is 1.21. The molecule has 2 aromatic rings. The number of nitrogens with zero attached hydrogens (tertiary/aromatic N) is 3. The monoisotopic (exact) mass is 285 g/mol. The number of hydrogen-bond donors (Lipinski definition) is 2. The van der Waals surface area contributed by atoms with Crippen LogP contribution >= 0.6 is 0 Å². The SMILES string of the molecule is Cc1cccc(NC(=O)CCNc2nc(C)cnc2C)n1. The lowest BCUT2D eigenvalue weighted by atomic mass is 10.3. The first-order valence-electron chi connectivity index (χ1n) is 6.82. The van der Waals surface area contributed by atoms with Gasteiger partial charge in [-0.2, -0.15) is 0 Å². The van der Waals surface area contributed by atoms with Crippen molar-refractivity contribution in [2.45, 2.75) is 27.2 Å². The van der Waals surface area contributed by atoms with Crippen LogP contribution in [0.15, 0.2) is 24.4 Å². The lowest BCUT2D eigenvalue weighted by molar-refractivity contribution is -0.116. The van der Waals surface area contributed by atoms with Crippen LogP contribution in [0.1, 0.15) is 23.5 Å². The van der Waals surface area contributed by atoms with Crippen molar-refractivity contribution in [2.75, 3.05) is 17.2 Å². The topological polar surface area (TPSA) is 79.8 Å². The molecule has 6 nitrogen and oxygen atoms in total. The van der Waals surface area contributed by atoms with Crippen LogP contribution in [-0.4, -0.2) is 27.4 Å². The number of aromatic nitrogens is 3. The molecule has 0 aromatic carbocycles. The van der Waals surface area contributed by atoms with E-state index in [2.05, 4.69) is 25.6 Å². The minimum Gasteiger partial charge on any atom is -0.368 e. The average Bonchev–Trinajstić information content (AvgIpc) is 2.42. The van der Waals surface area contributed by atoms with Gasteiger partial charge in [0, 0.05) is 24.9 Å². The lowest BCUT2D eigenvalue weighted by Gasteiger charge is -2.09. The molecular weight excluding hydrogens is 266 g/mol. The maximum atomic E-state index is 11.8. The van der Waals surface area contributed by atoms with Gasteiger partial charge in [0.15, 0.2) is 0 Å². The summed E-state index contributed by atoms with van der Waals surface area (Å²) in [4.78, 5) is 24.6. The van der Waals surface area contributed by atoms with Gasteiger partial charge in [0.2, 0.25) is 5.91 Å². The van der Waals surface area contributed by atoms with E-state index in [9.17, 15) is 4.79 Å². The van der Waals surface area contributed by atoms with Crippen molar-refractivity contribution in [3.8, 4) is 0 Å². The molecule has 0 atom stereocenters. The van der Waals surface area contributed by atoms with Crippen LogP contribution in [0.3, 0.4) is 0 Å². The Labute approximate surface area is 124 Å². The second kappa shape index (κ2) is 6.78. The van der Waals surface area contributed by atoms with Crippen molar-refractivity contribution in [1.29, 1.82) is 0 Å². The summed E-state index contributed by atoms with van der Waals surface area (Å²) in [6.45, 7) is 6.15. The highest BCUT2D eigenvalue weighted by atomic mass is 16.1. The Kier molecular flexibility index (Phi) is 4.81. The summed E-state index contributed by atoms with van der Waals surface area (Å²) in [5.41, 5.74) is 2.54. The zero-order valence-corrected chi connectivity index (χ0v) is 12.5. The predicted molar refractivity (Wildman–Crippen MR) is 82.2 cm³/mol. The van der Waals surface area contributed by atoms with Gasteiger partial charge in [0.05, 0.1) is 11.4 Å². The van der Waals surface area contributed by atoms with Gasteiger partial charge in [-0.25, -0.2) is 9.97 Å². The number of carbonyl (C=O) groups is 1. The Bertz CT molecular complexity index is 642. The molecule has 0 aliphatic heterocycles. The fourth-order valence-electron chi connectivity index (χ4n) is 1.82. The molecule has 0 saturated carbocycles. The van der Waals surface area contributed by atoms with Crippen LogP contribution in [0.5, 0.6) is 0 Å². The van der Waals surface area contributed by atoms with E-state index >= 15 is 0 Å². The molecule has 110 valence electrons. The highest BCUT2D eigenvalue weighted by Crippen LogP contribution is 2.09. The standard InChI is InChI=1S/C15H19N5O/c1-10-5-4-6-13(18-10)20-14(21)7-8-16-15-12(3)17-9-11(2)19-15/h4-6,9H,7-8H2,1-3H3,(H,16,19)(H,18,20,21). The Hall–Kier alpha value is -2.50. The molecule has 0 fully saturated rings.